The number of fused-ring (bicyclic) bond motifs is 1. The molecule has 4 nitrogen and oxygen atoms in total. The Hall–Kier alpha value is -1.52. The molecule has 0 aliphatic carbocycles. The summed E-state index contributed by atoms with van der Waals surface area (Å²) in [5.74, 6) is 0.126. The molecule has 3 rings (SSSR count). The lowest BCUT2D eigenvalue weighted by Gasteiger charge is -2.32. The van der Waals surface area contributed by atoms with E-state index in [-0.39, 0.29) is 5.91 Å². The summed E-state index contributed by atoms with van der Waals surface area (Å²) in [7, 11) is 2.16. The standard InChI is InChI=1S/C18H24ClN3O/c1-22-9-3-2-4-16(22)6-8-18(23)20-12-15-11-13-10-14(19)5-7-17(13)21-15/h5,7,10-11,16,21H,2-4,6,8-9,12H2,1H3,(H,20,23). The highest BCUT2D eigenvalue weighted by Crippen LogP contribution is 2.20. The van der Waals surface area contributed by atoms with E-state index in [0.717, 1.165) is 34.6 Å². The monoisotopic (exact) mass is 333 g/mol. The van der Waals surface area contributed by atoms with E-state index < -0.39 is 0 Å². The van der Waals surface area contributed by atoms with Gasteiger partial charge >= 0.3 is 0 Å². The molecule has 1 amide bonds. The summed E-state index contributed by atoms with van der Waals surface area (Å²) in [6.45, 7) is 1.69. The van der Waals surface area contributed by atoms with Gasteiger partial charge in [0.25, 0.3) is 0 Å². The van der Waals surface area contributed by atoms with Crippen molar-refractivity contribution in [1.29, 1.82) is 0 Å². The van der Waals surface area contributed by atoms with Crippen LogP contribution in [0.2, 0.25) is 5.02 Å². The fourth-order valence-electron chi connectivity index (χ4n) is 3.35. The summed E-state index contributed by atoms with van der Waals surface area (Å²) in [5.41, 5.74) is 2.05. The number of piperidine rings is 1. The summed E-state index contributed by atoms with van der Waals surface area (Å²) < 4.78 is 0. The Labute approximate surface area is 142 Å². The number of nitrogens with one attached hydrogen (secondary N) is 2. The molecule has 0 bridgehead atoms. The molecule has 2 N–H and O–H groups in total. The lowest BCUT2D eigenvalue weighted by Crippen LogP contribution is -2.37. The lowest BCUT2D eigenvalue weighted by atomic mass is 9.98. The van der Waals surface area contributed by atoms with Crippen molar-refractivity contribution in [2.24, 2.45) is 0 Å². The van der Waals surface area contributed by atoms with Crippen molar-refractivity contribution in [1.82, 2.24) is 15.2 Å². The Morgan fingerprint density at radius 2 is 2.26 bits per heavy atom. The van der Waals surface area contributed by atoms with E-state index in [0.29, 0.717) is 19.0 Å². The number of hydrogen-bond donors (Lipinski definition) is 2. The van der Waals surface area contributed by atoms with Crippen LogP contribution in [0.3, 0.4) is 0 Å². The maximum Gasteiger partial charge on any atom is 0.220 e. The first-order valence-electron chi connectivity index (χ1n) is 8.36. The van der Waals surface area contributed by atoms with Crippen LogP contribution in [0, 0.1) is 0 Å². The molecule has 1 aromatic heterocycles. The van der Waals surface area contributed by atoms with E-state index >= 15 is 0 Å². The summed E-state index contributed by atoms with van der Waals surface area (Å²) in [5, 5.41) is 4.81. The predicted molar refractivity (Wildman–Crippen MR) is 94.7 cm³/mol. The molecular weight excluding hydrogens is 310 g/mol. The van der Waals surface area contributed by atoms with Crippen LogP contribution in [0.25, 0.3) is 10.9 Å². The average molecular weight is 334 g/mol. The molecule has 0 spiro atoms. The first-order valence-corrected chi connectivity index (χ1v) is 8.74. The maximum atomic E-state index is 12.1. The first-order chi connectivity index (χ1) is 11.1. The topological polar surface area (TPSA) is 48.1 Å². The number of hydrogen-bond acceptors (Lipinski definition) is 2. The molecule has 23 heavy (non-hydrogen) atoms. The van der Waals surface area contributed by atoms with Crippen molar-refractivity contribution in [2.45, 2.75) is 44.7 Å². The molecule has 2 aromatic rings. The number of halogens is 1. The number of likely N-dealkylation sites (tertiary alicyclic amines) is 1. The molecule has 1 unspecified atom stereocenters. The Balaban J connectivity index is 1.48. The number of rotatable bonds is 5. The fourth-order valence-corrected chi connectivity index (χ4v) is 3.53. The predicted octanol–water partition coefficient (Wildman–Crippen LogP) is 3.70. The number of nitrogens with zero attached hydrogens (tertiary/aromatic N) is 1. The van der Waals surface area contributed by atoms with Gasteiger partial charge in [0.2, 0.25) is 5.91 Å². The van der Waals surface area contributed by atoms with Crippen LogP contribution < -0.4 is 5.32 Å². The zero-order valence-electron chi connectivity index (χ0n) is 13.6. The minimum atomic E-state index is 0.126. The van der Waals surface area contributed by atoms with E-state index in [1.807, 2.05) is 24.3 Å². The number of H-pyrrole nitrogens is 1. The van der Waals surface area contributed by atoms with Gasteiger partial charge in [-0.05, 0) is 57.1 Å². The molecule has 1 aromatic carbocycles. The van der Waals surface area contributed by atoms with Gasteiger partial charge in [-0.15, -0.1) is 0 Å². The second-order valence-electron chi connectivity index (χ2n) is 6.47. The Morgan fingerprint density at radius 3 is 3.09 bits per heavy atom. The fraction of sp³-hybridized carbons (Fsp3) is 0.500. The van der Waals surface area contributed by atoms with Gasteiger partial charge < -0.3 is 15.2 Å². The Kier molecular flexibility index (Phi) is 5.23. The van der Waals surface area contributed by atoms with Crippen LogP contribution in [-0.2, 0) is 11.3 Å². The molecule has 1 aliphatic rings. The summed E-state index contributed by atoms with van der Waals surface area (Å²) >= 11 is 5.99. The van der Waals surface area contributed by atoms with Gasteiger partial charge in [-0.2, -0.15) is 0 Å². The van der Waals surface area contributed by atoms with Crippen molar-refractivity contribution >= 4 is 28.4 Å². The second-order valence-corrected chi connectivity index (χ2v) is 6.91. The highest BCUT2D eigenvalue weighted by molar-refractivity contribution is 6.31. The molecule has 1 aliphatic heterocycles. The second kappa shape index (κ2) is 7.37. The Bertz CT molecular complexity index is 682. The van der Waals surface area contributed by atoms with Crippen LogP contribution in [0.1, 0.15) is 37.8 Å². The summed E-state index contributed by atoms with van der Waals surface area (Å²) in [6.07, 6.45) is 5.33. The molecular formula is C18H24ClN3O. The van der Waals surface area contributed by atoms with Crippen LogP contribution in [0.5, 0.6) is 0 Å². The average Bonchev–Trinajstić information content (AvgIpc) is 2.94. The zero-order chi connectivity index (χ0) is 16.2. The van der Waals surface area contributed by atoms with Crippen molar-refractivity contribution in [3.05, 3.63) is 35.0 Å². The van der Waals surface area contributed by atoms with Gasteiger partial charge in [0.05, 0.1) is 6.54 Å². The number of aromatic amines is 1. The van der Waals surface area contributed by atoms with Crippen LogP contribution in [0.4, 0.5) is 0 Å². The third-order valence-electron chi connectivity index (χ3n) is 4.74. The molecule has 0 radical (unpaired) electrons. The van der Waals surface area contributed by atoms with Gasteiger partial charge in [0, 0.05) is 34.1 Å². The van der Waals surface area contributed by atoms with E-state index in [1.165, 1.54) is 19.3 Å². The lowest BCUT2D eigenvalue weighted by molar-refractivity contribution is -0.121. The van der Waals surface area contributed by atoms with Gasteiger partial charge in [0.15, 0.2) is 0 Å². The zero-order valence-corrected chi connectivity index (χ0v) is 14.3. The molecule has 2 heterocycles. The summed E-state index contributed by atoms with van der Waals surface area (Å²) in [4.78, 5) is 17.8. The quantitative estimate of drug-likeness (QED) is 0.876. The van der Waals surface area contributed by atoms with E-state index in [2.05, 4.69) is 22.2 Å². The van der Waals surface area contributed by atoms with Gasteiger partial charge in [-0.1, -0.05) is 18.0 Å². The smallest absolute Gasteiger partial charge is 0.220 e. The molecule has 1 fully saturated rings. The van der Waals surface area contributed by atoms with Crippen molar-refractivity contribution in [2.75, 3.05) is 13.6 Å². The van der Waals surface area contributed by atoms with E-state index in [9.17, 15) is 4.79 Å². The first kappa shape index (κ1) is 16.3. The highest BCUT2D eigenvalue weighted by atomic mass is 35.5. The van der Waals surface area contributed by atoms with Crippen molar-refractivity contribution in [3.63, 3.8) is 0 Å². The van der Waals surface area contributed by atoms with E-state index in [1.54, 1.807) is 0 Å². The van der Waals surface area contributed by atoms with Crippen LogP contribution in [-0.4, -0.2) is 35.4 Å². The van der Waals surface area contributed by atoms with Crippen LogP contribution >= 0.6 is 11.6 Å². The Morgan fingerprint density at radius 1 is 1.39 bits per heavy atom. The largest absolute Gasteiger partial charge is 0.357 e. The molecule has 0 saturated carbocycles. The number of carbonyl (C=O) groups excluding carboxylic acids is 1. The molecule has 5 heteroatoms. The number of benzene rings is 1. The van der Waals surface area contributed by atoms with Crippen LogP contribution in [0.15, 0.2) is 24.3 Å². The minimum Gasteiger partial charge on any atom is -0.357 e. The van der Waals surface area contributed by atoms with Gasteiger partial charge in [-0.25, -0.2) is 0 Å². The normalized spacial score (nSPS) is 19.1. The number of aromatic nitrogens is 1. The van der Waals surface area contributed by atoms with Gasteiger partial charge in [-0.3, -0.25) is 4.79 Å². The van der Waals surface area contributed by atoms with Crippen molar-refractivity contribution < 1.29 is 4.79 Å². The number of amides is 1. The third kappa shape index (κ3) is 4.27. The molecule has 1 saturated heterocycles. The van der Waals surface area contributed by atoms with Crippen molar-refractivity contribution in [3.8, 4) is 0 Å². The minimum absolute atomic E-state index is 0.126. The highest BCUT2D eigenvalue weighted by Gasteiger charge is 2.19. The third-order valence-corrected chi connectivity index (χ3v) is 4.98. The van der Waals surface area contributed by atoms with E-state index in [4.69, 9.17) is 11.6 Å². The molecule has 124 valence electrons. The SMILES string of the molecule is CN1CCCCC1CCC(=O)NCc1cc2cc(Cl)ccc2[nH]1. The summed E-state index contributed by atoms with van der Waals surface area (Å²) in [6, 6.07) is 8.35. The number of carbonyl (C=O) groups is 1. The maximum absolute atomic E-state index is 12.1. The molecule has 1 atom stereocenters. The van der Waals surface area contributed by atoms with Gasteiger partial charge in [0.1, 0.15) is 0 Å².